The lowest BCUT2D eigenvalue weighted by Crippen LogP contribution is -2.49. The molecule has 0 aliphatic carbocycles. The molecule has 1 aliphatic rings. The molecule has 0 unspecified atom stereocenters. The van der Waals surface area contributed by atoms with E-state index in [0.717, 1.165) is 25.4 Å². The maximum atomic E-state index is 11.0. The van der Waals surface area contributed by atoms with Gasteiger partial charge in [-0.3, -0.25) is 14.6 Å². The largest absolute Gasteiger partial charge is 0.497 e. The standard InChI is InChI=1S/C14H21N3O2/c1-16-7-8-17(10-14(15)18)9-13(16)11-3-5-12(19-2)6-4-11/h3-6,13H,7-10H2,1-2H3,(H2,15,18)/t13-/m0/s1. The van der Waals surface area contributed by atoms with E-state index >= 15 is 0 Å². The summed E-state index contributed by atoms with van der Waals surface area (Å²) in [6, 6.07) is 8.38. The maximum absolute atomic E-state index is 11.0. The Kier molecular flexibility index (Phi) is 4.39. The van der Waals surface area contributed by atoms with E-state index < -0.39 is 0 Å². The van der Waals surface area contributed by atoms with Crippen molar-refractivity contribution in [1.29, 1.82) is 0 Å². The normalized spacial score (nSPS) is 21.3. The Labute approximate surface area is 113 Å². The quantitative estimate of drug-likeness (QED) is 0.858. The van der Waals surface area contributed by atoms with Crippen molar-refractivity contribution < 1.29 is 9.53 Å². The van der Waals surface area contributed by atoms with E-state index in [4.69, 9.17) is 10.5 Å². The topological polar surface area (TPSA) is 58.8 Å². The van der Waals surface area contributed by atoms with E-state index in [1.807, 2.05) is 12.1 Å². The summed E-state index contributed by atoms with van der Waals surface area (Å²) >= 11 is 0. The zero-order valence-corrected chi connectivity index (χ0v) is 11.5. The van der Waals surface area contributed by atoms with Gasteiger partial charge in [0, 0.05) is 25.7 Å². The lowest BCUT2D eigenvalue weighted by molar-refractivity contribution is -0.119. The number of carbonyl (C=O) groups is 1. The molecule has 19 heavy (non-hydrogen) atoms. The van der Waals surface area contributed by atoms with Crippen LogP contribution in [0.3, 0.4) is 0 Å². The van der Waals surface area contributed by atoms with Gasteiger partial charge in [-0.2, -0.15) is 0 Å². The Balaban J connectivity index is 2.09. The number of primary amides is 1. The fourth-order valence-electron chi connectivity index (χ4n) is 2.48. The van der Waals surface area contributed by atoms with Crippen molar-refractivity contribution in [2.75, 3.05) is 40.3 Å². The first-order chi connectivity index (χ1) is 9.10. The molecule has 0 aromatic heterocycles. The molecule has 1 saturated heterocycles. The van der Waals surface area contributed by atoms with Gasteiger partial charge in [0.2, 0.25) is 5.91 Å². The van der Waals surface area contributed by atoms with Gasteiger partial charge in [0.05, 0.1) is 13.7 Å². The van der Waals surface area contributed by atoms with Crippen LogP contribution in [0, 0.1) is 0 Å². The molecule has 0 spiro atoms. The Hall–Kier alpha value is -1.59. The zero-order valence-electron chi connectivity index (χ0n) is 11.5. The van der Waals surface area contributed by atoms with Gasteiger partial charge < -0.3 is 10.5 Å². The van der Waals surface area contributed by atoms with Gasteiger partial charge in [0.25, 0.3) is 0 Å². The van der Waals surface area contributed by atoms with Crippen molar-refractivity contribution in [2.24, 2.45) is 5.73 Å². The monoisotopic (exact) mass is 263 g/mol. The fourth-order valence-corrected chi connectivity index (χ4v) is 2.48. The summed E-state index contributed by atoms with van der Waals surface area (Å²) in [5.41, 5.74) is 6.50. The number of ether oxygens (including phenoxy) is 1. The van der Waals surface area contributed by atoms with E-state index in [9.17, 15) is 4.79 Å². The average Bonchev–Trinajstić information content (AvgIpc) is 2.40. The number of benzene rings is 1. The van der Waals surface area contributed by atoms with Crippen molar-refractivity contribution in [3.05, 3.63) is 29.8 Å². The van der Waals surface area contributed by atoms with Crippen LogP contribution >= 0.6 is 0 Å². The van der Waals surface area contributed by atoms with Crippen LogP contribution in [0.5, 0.6) is 5.75 Å². The molecule has 2 rings (SSSR count). The fraction of sp³-hybridized carbons (Fsp3) is 0.500. The summed E-state index contributed by atoms with van der Waals surface area (Å²) in [4.78, 5) is 15.4. The summed E-state index contributed by atoms with van der Waals surface area (Å²) in [6.07, 6.45) is 0. The molecule has 2 N–H and O–H groups in total. The molecule has 1 atom stereocenters. The van der Waals surface area contributed by atoms with Crippen LogP contribution in [0.1, 0.15) is 11.6 Å². The molecule has 1 heterocycles. The molecule has 1 fully saturated rings. The summed E-state index contributed by atoms with van der Waals surface area (Å²) in [5.74, 6) is 0.592. The highest BCUT2D eigenvalue weighted by molar-refractivity contribution is 5.75. The van der Waals surface area contributed by atoms with Gasteiger partial charge >= 0.3 is 0 Å². The molecule has 0 saturated carbocycles. The third-order valence-corrected chi connectivity index (χ3v) is 3.61. The third kappa shape index (κ3) is 3.45. The molecule has 0 bridgehead atoms. The van der Waals surface area contributed by atoms with Crippen LogP contribution < -0.4 is 10.5 Å². The molecule has 1 aromatic rings. The number of hydrogen-bond donors (Lipinski definition) is 1. The number of methoxy groups -OCH3 is 1. The summed E-state index contributed by atoms with van der Waals surface area (Å²) in [7, 11) is 3.77. The van der Waals surface area contributed by atoms with E-state index in [1.165, 1.54) is 5.56 Å². The van der Waals surface area contributed by atoms with Gasteiger partial charge in [-0.25, -0.2) is 0 Å². The first kappa shape index (κ1) is 13.8. The van der Waals surface area contributed by atoms with Crippen molar-refractivity contribution in [1.82, 2.24) is 9.80 Å². The van der Waals surface area contributed by atoms with E-state index in [2.05, 4.69) is 29.0 Å². The van der Waals surface area contributed by atoms with Crippen molar-refractivity contribution in [3.63, 3.8) is 0 Å². The Morgan fingerprint density at radius 1 is 1.37 bits per heavy atom. The number of nitrogens with zero attached hydrogens (tertiary/aromatic N) is 2. The van der Waals surface area contributed by atoms with Gasteiger partial charge in [-0.1, -0.05) is 12.1 Å². The minimum absolute atomic E-state index is 0.266. The molecule has 5 nitrogen and oxygen atoms in total. The molecule has 1 aliphatic heterocycles. The highest BCUT2D eigenvalue weighted by Crippen LogP contribution is 2.25. The van der Waals surface area contributed by atoms with E-state index in [-0.39, 0.29) is 5.91 Å². The zero-order chi connectivity index (χ0) is 13.8. The smallest absolute Gasteiger partial charge is 0.231 e. The average molecular weight is 263 g/mol. The molecular weight excluding hydrogens is 242 g/mol. The maximum Gasteiger partial charge on any atom is 0.231 e. The first-order valence-electron chi connectivity index (χ1n) is 6.45. The molecule has 5 heteroatoms. The Bertz CT molecular complexity index is 433. The van der Waals surface area contributed by atoms with Gasteiger partial charge in [-0.15, -0.1) is 0 Å². The number of piperazine rings is 1. The number of likely N-dealkylation sites (N-methyl/N-ethyl adjacent to an activating group) is 1. The number of rotatable bonds is 4. The highest BCUT2D eigenvalue weighted by atomic mass is 16.5. The van der Waals surface area contributed by atoms with Crippen LogP contribution in [-0.2, 0) is 4.79 Å². The second-order valence-corrected chi connectivity index (χ2v) is 4.97. The molecule has 0 radical (unpaired) electrons. The molecule has 104 valence electrons. The highest BCUT2D eigenvalue weighted by Gasteiger charge is 2.26. The summed E-state index contributed by atoms with van der Waals surface area (Å²) < 4.78 is 5.17. The van der Waals surface area contributed by atoms with Gasteiger partial charge in [-0.05, 0) is 24.7 Å². The molecule has 1 aromatic carbocycles. The summed E-state index contributed by atoms with van der Waals surface area (Å²) in [5, 5.41) is 0. The van der Waals surface area contributed by atoms with Gasteiger partial charge in [0.15, 0.2) is 0 Å². The van der Waals surface area contributed by atoms with Crippen LogP contribution in [-0.4, -0.2) is 56.0 Å². The van der Waals surface area contributed by atoms with Crippen LogP contribution in [0.25, 0.3) is 0 Å². The number of carbonyl (C=O) groups excluding carboxylic acids is 1. The second kappa shape index (κ2) is 6.04. The van der Waals surface area contributed by atoms with E-state index in [1.54, 1.807) is 7.11 Å². The summed E-state index contributed by atoms with van der Waals surface area (Å²) in [6.45, 7) is 2.97. The van der Waals surface area contributed by atoms with Crippen LogP contribution in [0.2, 0.25) is 0 Å². The SMILES string of the molecule is COc1ccc([C@@H]2CN(CC(N)=O)CCN2C)cc1. The van der Waals surface area contributed by atoms with Crippen molar-refractivity contribution in [3.8, 4) is 5.75 Å². The minimum atomic E-state index is -0.266. The van der Waals surface area contributed by atoms with Crippen LogP contribution in [0.15, 0.2) is 24.3 Å². The molecule has 1 amide bonds. The van der Waals surface area contributed by atoms with Gasteiger partial charge in [0.1, 0.15) is 5.75 Å². The minimum Gasteiger partial charge on any atom is -0.497 e. The van der Waals surface area contributed by atoms with Crippen molar-refractivity contribution in [2.45, 2.75) is 6.04 Å². The third-order valence-electron chi connectivity index (χ3n) is 3.61. The first-order valence-corrected chi connectivity index (χ1v) is 6.45. The predicted molar refractivity (Wildman–Crippen MR) is 74.0 cm³/mol. The van der Waals surface area contributed by atoms with Crippen molar-refractivity contribution >= 4 is 5.91 Å². The lowest BCUT2D eigenvalue weighted by Gasteiger charge is -2.39. The number of hydrogen-bond acceptors (Lipinski definition) is 4. The predicted octanol–water partition coefficient (Wildman–Crippen LogP) is 0.469. The Morgan fingerprint density at radius 3 is 2.63 bits per heavy atom. The Morgan fingerprint density at radius 2 is 2.05 bits per heavy atom. The van der Waals surface area contributed by atoms with E-state index in [0.29, 0.717) is 12.6 Å². The molecular formula is C14H21N3O2. The number of amides is 1. The lowest BCUT2D eigenvalue weighted by atomic mass is 10.0. The second-order valence-electron chi connectivity index (χ2n) is 4.97. The van der Waals surface area contributed by atoms with Crippen LogP contribution in [0.4, 0.5) is 0 Å². The number of nitrogens with two attached hydrogens (primary N) is 1.